The Morgan fingerprint density at radius 1 is 0.667 bits per heavy atom. The lowest BCUT2D eigenvalue weighted by Crippen LogP contribution is -3.14. The average Bonchev–Trinajstić information content (AvgIpc) is 3.63. The Balaban J connectivity index is 1.98. The maximum atomic E-state index is 14.1. The van der Waals surface area contributed by atoms with Crippen molar-refractivity contribution in [2.45, 2.75) is 84.0 Å². The lowest BCUT2D eigenvalue weighted by Gasteiger charge is -2.38. The van der Waals surface area contributed by atoms with Crippen molar-refractivity contribution in [3.63, 3.8) is 0 Å². The number of hydrogen-bond donors (Lipinski definition) is 11. The number of unbranched alkanes of at least 4 members (excludes halogenated alkanes) is 7. The molecule has 0 spiro atoms. The van der Waals surface area contributed by atoms with E-state index in [9.17, 15) is 9.59 Å². The summed E-state index contributed by atoms with van der Waals surface area (Å²) in [6, 6.07) is 0. The Hall–Kier alpha value is -2.01. The summed E-state index contributed by atoms with van der Waals surface area (Å²) < 4.78 is 0. The van der Waals surface area contributed by atoms with Crippen molar-refractivity contribution in [3.05, 3.63) is 12.2 Å². The Morgan fingerprint density at radius 3 is 1.83 bits per heavy atom. The molecule has 0 saturated heterocycles. The third-order valence-electron chi connectivity index (χ3n) is 10.9. The van der Waals surface area contributed by atoms with Crippen LogP contribution in [0.1, 0.15) is 84.0 Å². The Kier molecular flexibility index (Phi) is 29.6. The van der Waals surface area contributed by atoms with Crippen molar-refractivity contribution in [2.75, 3.05) is 118 Å². The molecule has 5 atom stereocenters. The molecule has 0 aromatic heterocycles. The Morgan fingerprint density at radius 2 is 1.19 bits per heavy atom. The molecular formula is C40H87N12O2+5. The zero-order chi connectivity index (χ0) is 38.9. The number of aliphatic imine (C=N–C) groups is 1. The summed E-state index contributed by atoms with van der Waals surface area (Å²) in [4.78, 5) is 34.6. The lowest BCUT2D eigenvalue weighted by atomic mass is 9.67. The first-order valence-corrected chi connectivity index (χ1v) is 22.2. The van der Waals surface area contributed by atoms with Gasteiger partial charge in [0.05, 0.1) is 64.2 Å². The zero-order valence-corrected chi connectivity index (χ0v) is 34.6. The topological polar surface area (TPSA) is 223 Å². The summed E-state index contributed by atoms with van der Waals surface area (Å²) in [5.41, 5.74) is 11.7. The van der Waals surface area contributed by atoms with Crippen molar-refractivity contribution in [3.8, 4) is 0 Å². The third kappa shape index (κ3) is 21.3. The lowest BCUT2D eigenvalue weighted by molar-refractivity contribution is -0.798. The molecule has 1 aliphatic heterocycles. The largest absolute Gasteiger partial charge is 0.357 e. The van der Waals surface area contributed by atoms with Gasteiger partial charge in [-0.1, -0.05) is 70.4 Å². The molecule has 314 valence electrons. The van der Waals surface area contributed by atoms with Gasteiger partial charge in [0.15, 0.2) is 5.84 Å². The smallest absolute Gasteiger partial charge is 0.224 e. The van der Waals surface area contributed by atoms with Crippen LogP contribution < -0.4 is 59.3 Å². The Bertz CT molecular complexity index is 1000. The first-order chi connectivity index (χ1) is 26.6. The number of rotatable bonds is 36. The van der Waals surface area contributed by atoms with E-state index in [1.807, 2.05) is 0 Å². The first-order valence-electron chi connectivity index (χ1n) is 22.2. The molecule has 0 aromatic carbocycles. The molecule has 0 aromatic rings. The normalized spacial score (nSPS) is 21.0. The average molecular weight is 768 g/mol. The molecule has 1 aliphatic carbocycles. The van der Waals surface area contributed by atoms with E-state index < -0.39 is 0 Å². The van der Waals surface area contributed by atoms with Crippen LogP contribution in [0.25, 0.3) is 0 Å². The molecule has 0 radical (unpaired) electrons. The highest BCUT2D eigenvalue weighted by Crippen LogP contribution is 2.40. The number of nitrogens with two attached hydrogens (primary N) is 1. The van der Waals surface area contributed by atoms with Gasteiger partial charge in [-0.25, -0.2) is 4.99 Å². The van der Waals surface area contributed by atoms with E-state index in [0.29, 0.717) is 19.6 Å². The third-order valence-corrected chi connectivity index (χ3v) is 10.9. The maximum absolute atomic E-state index is 14.1. The minimum atomic E-state index is -0.349. The predicted molar refractivity (Wildman–Crippen MR) is 220 cm³/mol. The highest BCUT2D eigenvalue weighted by Gasteiger charge is 2.44. The molecular weight excluding hydrogens is 681 g/mol. The van der Waals surface area contributed by atoms with Gasteiger partial charge in [0.25, 0.3) is 0 Å². The van der Waals surface area contributed by atoms with Crippen LogP contribution in [0.3, 0.4) is 0 Å². The SMILES string of the molecule is CCCCCCC1C=CC(CCCCCCCC2=NCC[NH+]2CCNCC[NH3+])C(C(=O)NCCNCCNCC[NH3+])C1C(=O)NCC[NH2+]CCNCC[NH3+]. The number of nitrogens with one attached hydrogen (secondary N) is 7. The van der Waals surface area contributed by atoms with Gasteiger partial charge in [0.2, 0.25) is 11.8 Å². The molecule has 2 rings (SSSR count). The summed E-state index contributed by atoms with van der Waals surface area (Å²) in [6.07, 6.45) is 18.1. The second-order valence-electron chi connectivity index (χ2n) is 15.4. The van der Waals surface area contributed by atoms with Gasteiger partial charge in [-0.3, -0.25) is 14.5 Å². The predicted octanol–water partition coefficient (Wildman–Crippen LogP) is -4.10. The molecule has 5 unspecified atom stereocenters. The van der Waals surface area contributed by atoms with Crippen LogP contribution in [-0.4, -0.2) is 135 Å². The summed E-state index contributed by atoms with van der Waals surface area (Å²) in [7, 11) is 0. The second kappa shape index (κ2) is 33.2. The van der Waals surface area contributed by atoms with Crippen molar-refractivity contribution in [2.24, 2.45) is 28.7 Å². The molecule has 2 aliphatic rings. The van der Waals surface area contributed by atoms with Gasteiger partial charge in [0.1, 0.15) is 6.54 Å². The van der Waals surface area contributed by atoms with Gasteiger partial charge in [-0.2, -0.15) is 0 Å². The van der Waals surface area contributed by atoms with E-state index in [2.05, 4.69) is 73.5 Å². The summed E-state index contributed by atoms with van der Waals surface area (Å²) >= 11 is 0. The van der Waals surface area contributed by atoms with Gasteiger partial charge in [-0.15, -0.1) is 0 Å². The van der Waals surface area contributed by atoms with Crippen LogP contribution >= 0.6 is 0 Å². The Labute approximate surface area is 328 Å². The molecule has 2 amide bonds. The van der Waals surface area contributed by atoms with Crippen molar-refractivity contribution in [1.82, 2.24) is 31.9 Å². The fourth-order valence-corrected chi connectivity index (χ4v) is 7.89. The van der Waals surface area contributed by atoms with Gasteiger partial charge >= 0.3 is 0 Å². The van der Waals surface area contributed by atoms with E-state index in [1.54, 1.807) is 4.90 Å². The summed E-state index contributed by atoms with van der Waals surface area (Å²) in [6.45, 7) is 18.3. The van der Waals surface area contributed by atoms with Gasteiger partial charge in [-0.05, 0) is 31.1 Å². The number of amidine groups is 1. The molecule has 0 fully saturated rings. The molecule has 14 nitrogen and oxygen atoms in total. The van der Waals surface area contributed by atoms with E-state index in [4.69, 9.17) is 4.99 Å². The molecule has 1 heterocycles. The fraction of sp³-hybridized carbons (Fsp3) is 0.875. The van der Waals surface area contributed by atoms with E-state index in [-0.39, 0.29) is 35.5 Å². The minimum absolute atomic E-state index is 0.0362. The van der Waals surface area contributed by atoms with Gasteiger partial charge < -0.3 is 54.4 Å². The molecule has 14 heteroatoms. The van der Waals surface area contributed by atoms with Crippen molar-refractivity contribution in [1.29, 1.82) is 0 Å². The maximum Gasteiger partial charge on any atom is 0.224 e. The number of nitrogens with zero attached hydrogens (tertiary/aromatic N) is 1. The van der Waals surface area contributed by atoms with Crippen LogP contribution in [0, 0.1) is 23.7 Å². The number of carbonyl (C=O) groups is 2. The number of allylic oxidation sites excluding steroid dienone is 2. The monoisotopic (exact) mass is 768 g/mol. The zero-order valence-electron chi connectivity index (χ0n) is 34.6. The summed E-state index contributed by atoms with van der Waals surface area (Å²) in [5, 5.41) is 22.4. The first kappa shape index (κ1) is 48.1. The number of amides is 2. The highest BCUT2D eigenvalue weighted by molar-refractivity contribution is 5.89. The van der Waals surface area contributed by atoms with E-state index >= 15 is 0 Å². The van der Waals surface area contributed by atoms with E-state index in [0.717, 1.165) is 137 Å². The summed E-state index contributed by atoms with van der Waals surface area (Å²) in [5.74, 6) is 0.912. The molecule has 0 bridgehead atoms. The minimum Gasteiger partial charge on any atom is -0.357 e. The number of quaternary nitrogens is 5. The number of carbonyl (C=O) groups excluding carboxylic acids is 2. The van der Waals surface area contributed by atoms with Crippen molar-refractivity contribution < 1.29 is 37.0 Å². The van der Waals surface area contributed by atoms with Gasteiger partial charge in [0, 0.05) is 65.3 Å². The van der Waals surface area contributed by atoms with Crippen LogP contribution in [0.4, 0.5) is 0 Å². The second-order valence-corrected chi connectivity index (χ2v) is 15.4. The quantitative estimate of drug-likeness (QED) is 0.0225. The highest BCUT2D eigenvalue weighted by atomic mass is 16.2. The van der Waals surface area contributed by atoms with Crippen LogP contribution in [-0.2, 0) is 9.59 Å². The molecule has 54 heavy (non-hydrogen) atoms. The molecule has 18 N–H and O–H groups in total. The van der Waals surface area contributed by atoms with Crippen molar-refractivity contribution >= 4 is 17.6 Å². The number of hydrogen-bond acceptors (Lipinski definition) is 7. The standard InChI is InChI=1S/C40H82N12O2/c1-2-3-4-8-11-34-14-15-35(12-9-6-5-7-10-13-36-49-31-33-52(36)32-30-46-21-18-43)38(40(54)51-29-27-48-25-23-45-20-17-42)37(34)39(53)50-28-26-47-24-22-44-19-16-41/h14-15,34-35,37-38,44-48H,2-13,16-33,41-43H2,1H3,(H,50,53)(H,51,54)/p+5. The van der Waals surface area contributed by atoms with Crippen LogP contribution in [0.15, 0.2) is 17.1 Å². The van der Waals surface area contributed by atoms with Crippen LogP contribution in [0.5, 0.6) is 0 Å². The van der Waals surface area contributed by atoms with E-state index in [1.165, 1.54) is 44.4 Å². The van der Waals surface area contributed by atoms with Crippen LogP contribution in [0.2, 0.25) is 0 Å². The molecule has 0 saturated carbocycles. The fourth-order valence-electron chi connectivity index (χ4n) is 7.89.